The third kappa shape index (κ3) is 6.66. The van der Waals surface area contributed by atoms with E-state index in [9.17, 15) is 14.7 Å². The molecule has 0 aromatic heterocycles. The second-order valence-electron chi connectivity index (χ2n) is 11.1. The van der Waals surface area contributed by atoms with Crippen molar-refractivity contribution in [2.24, 2.45) is 11.8 Å². The molecular weight excluding hydrogens is 484 g/mol. The second-order valence-corrected chi connectivity index (χ2v) is 11.1. The first-order chi connectivity index (χ1) is 19.0. The lowest BCUT2D eigenvalue weighted by Gasteiger charge is -2.36. The maximum Gasteiger partial charge on any atom is 0.326 e. The Hall–Kier alpha value is -3.70. The predicted molar refractivity (Wildman–Crippen MR) is 156 cm³/mol. The number of allylic oxidation sites excluding steroid dienone is 2. The summed E-state index contributed by atoms with van der Waals surface area (Å²) in [6.07, 6.45) is 11.8. The molecule has 1 saturated carbocycles. The molecule has 0 heterocycles. The number of fused-ring (bicyclic) bond motifs is 1. The molecule has 5 nitrogen and oxygen atoms in total. The number of carboxylic acid groups (broad SMARTS) is 1. The molecule has 5 rings (SSSR count). The van der Waals surface area contributed by atoms with Gasteiger partial charge in [0, 0.05) is 24.1 Å². The Kier molecular flexibility index (Phi) is 8.58. The monoisotopic (exact) mass is 522 g/mol. The van der Waals surface area contributed by atoms with E-state index in [-0.39, 0.29) is 18.4 Å². The molecule has 2 aliphatic carbocycles. The molecule has 5 atom stereocenters. The number of carboxylic acids is 1. The zero-order valence-electron chi connectivity index (χ0n) is 22.6. The average molecular weight is 523 g/mol. The number of rotatable bonds is 9. The van der Waals surface area contributed by atoms with Crippen molar-refractivity contribution in [1.82, 2.24) is 10.6 Å². The summed E-state index contributed by atoms with van der Waals surface area (Å²) in [5.41, 5.74) is 2.78. The van der Waals surface area contributed by atoms with E-state index in [0.29, 0.717) is 23.5 Å². The molecule has 3 aromatic carbocycles. The number of aliphatic carboxylic acids is 1. The van der Waals surface area contributed by atoms with Gasteiger partial charge in [0.25, 0.3) is 5.91 Å². The van der Waals surface area contributed by atoms with E-state index < -0.39 is 12.0 Å². The maximum atomic E-state index is 12.9. The number of carbonyl (C=O) groups excluding carboxylic acids is 1. The number of benzene rings is 3. The van der Waals surface area contributed by atoms with Crippen molar-refractivity contribution in [1.29, 1.82) is 0 Å². The number of nitrogens with one attached hydrogen (secondary N) is 2. The predicted octanol–water partition coefficient (Wildman–Crippen LogP) is 6.36. The van der Waals surface area contributed by atoms with Gasteiger partial charge in [-0.15, -0.1) is 0 Å². The van der Waals surface area contributed by atoms with Crippen LogP contribution in [-0.2, 0) is 16.0 Å². The second kappa shape index (κ2) is 12.4. The van der Waals surface area contributed by atoms with Gasteiger partial charge < -0.3 is 15.7 Å². The molecule has 39 heavy (non-hydrogen) atoms. The van der Waals surface area contributed by atoms with E-state index in [1.54, 1.807) is 0 Å². The minimum atomic E-state index is -1.02. The Morgan fingerprint density at radius 1 is 0.974 bits per heavy atom. The van der Waals surface area contributed by atoms with Gasteiger partial charge in [-0.1, -0.05) is 97.4 Å². The van der Waals surface area contributed by atoms with Gasteiger partial charge in [0.1, 0.15) is 6.04 Å². The number of carbonyl (C=O) groups is 2. The summed E-state index contributed by atoms with van der Waals surface area (Å²) in [7, 11) is 0. The summed E-state index contributed by atoms with van der Waals surface area (Å²) in [5.74, 6) is -0.374. The molecule has 0 spiro atoms. The van der Waals surface area contributed by atoms with Crippen molar-refractivity contribution in [3.8, 4) is 0 Å². The van der Waals surface area contributed by atoms with E-state index in [1.165, 1.54) is 35.6 Å². The highest BCUT2D eigenvalue weighted by atomic mass is 16.4. The fourth-order valence-electron chi connectivity index (χ4n) is 6.29. The number of amides is 1. The standard InChI is InChI=1S/C34H38N2O3/c1-23(30-16-8-12-26-11-5-6-15-31(26)30)35-29-14-7-13-28(22-29)25-17-19-27(20-18-25)33(37)36-32(34(38)39)21-24-9-3-2-4-10-24/h2-6,8-12,15-17,19-20,23,25,28-29,32,35H,7,13-14,18,21-22H2,1H3,(H,36,37)(H,38,39)/t23-,25?,28+,29+,32+/m1/s1. The lowest BCUT2D eigenvalue weighted by atomic mass is 9.74. The third-order valence-electron chi connectivity index (χ3n) is 8.38. The van der Waals surface area contributed by atoms with Crippen molar-refractivity contribution in [2.45, 2.75) is 63.6 Å². The highest BCUT2D eigenvalue weighted by Crippen LogP contribution is 2.36. The van der Waals surface area contributed by atoms with Gasteiger partial charge in [-0.05, 0) is 66.3 Å². The summed E-state index contributed by atoms with van der Waals surface area (Å²) >= 11 is 0. The topological polar surface area (TPSA) is 78.4 Å². The first-order valence-corrected chi connectivity index (χ1v) is 14.2. The van der Waals surface area contributed by atoms with Crippen LogP contribution in [0.2, 0.25) is 0 Å². The van der Waals surface area contributed by atoms with Gasteiger partial charge in [0.05, 0.1) is 0 Å². The molecule has 5 heteroatoms. The Morgan fingerprint density at radius 3 is 2.51 bits per heavy atom. The lowest BCUT2D eigenvalue weighted by molar-refractivity contribution is -0.141. The summed E-state index contributed by atoms with van der Waals surface area (Å²) < 4.78 is 0. The Balaban J connectivity index is 1.16. The fraction of sp³-hybridized carbons (Fsp3) is 0.353. The van der Waals surface area contributed by atoms with Crippen LogP contribution in [0.15, 0.2) is 96.6 Å². The molecule has 1 unspecified atom stereocenters. The Morgan fingerprint density at radius 2 is 1.74 bits per heavy atom. The molecule has 0 saturated heterocycles. The molecule has 0 aliphatic heterocycles. The normalized spacial score (nSPS) is 22.6. The largest absolute Gasteiger partial charge is 0.480 e. The average Bonchev–Trinajstić information content (AvgIpc) is 2.97. The minimum absolute atomic E-state index is 0.259. The van der Waals surface area contributed by atoms with E-state index in [4.69, 9.17) is 0 Å². The molecule has 3 aromatic rings. The Bertz CT molecular complexity index is 1360. The quantitative estimate of drug-likeness (QED) is 0.305. The molecule has 0 radical (unpaired) electrons. The van der Waals surface area contributed by atoms with Crippen molar-refractivity contribution >= 4 is 22.6 Å². The maximum absolute atomic E-state index is 12.9. The molecule has 3 N–H and O–H groups in total. The third-order valence-corrected chi connectivity index (χ3v) is 8.38. The number of hydrogen-bond acceptors (Lipinski definition) is 3. The van der Waals surface area contributed by atoms with Crippen LogP contribution in [0.1, 0.15) is 56.2 Å². The van der Waals surface area contributed by atoms with Gasteiger partial charge in [-0.2, -0.15) is 0 Å². The zero-order chi connectivity index (χ0) is 27.2. The van der Waals surface area contributed by atoms with Gasteiger partial charge in [-0.3, -0.25) is 4.79 Å². The minimum Gasteiger partial charge on any atom is -0.480 e. The highest BCUT2D eigenvalue weighted by molar-refractivity contribution is 5.98. The summed E-state index contributed by atoms with van der Waals surface area (Å²) in [5, 5.41) is 18.9. The summed E-state index contributed by atoms with van der Waals surface area (Å²) in [4.78, 5) is 24.7. The molecular formula is C34H38N2O3. The molecule has 0 bridgehead atoms. The van der Waals surface area contributed by atoms with E-state index in [0.717, 1.165) is 18.4 Å². The highest BCUT2D eigenvalue weighted by Gasteiger charge is 2.30. The summed E-state index contributed by atoms with van der Waals surface area (Å²) in [6.45, 7) is 2.27. The molecule has 1 amide bonds. The van der Waals surface area contributed by atoms with Gasteiger partial charge in [0.2, 0.25) is 0 Å². The SMILES string of the molecule is C[C@@H](N[C@H]1CCC[C@H](C2C=CC(C(=O)N[C@@H](Cc3ccccc3)C(=O)O)=CC2)C1)c1cccc2ccccc12. The van der Waals surface area contributed by atoms with Crippen LogP contribution in [0.25, 0.3) is 10.8 Å². The van der Waals surface area contributed by atoms with E-state index in [2.05, 4.69) is 66.1 Å². The van der Waals surface area contributed by atoms with Crippen molar-refractivity contribution < 1.29 is 14.7 Å². The van der Waals surface area contributed by atoms with Crippen molar-refractivity contribution in [3.63, 3.8) is 0 Å². The van der Waals surface area contributed by atoms with Gasteiger partial charge in [-0.25, -0.2) is 4.79 Å². The molecule has 1 fully saturated rings. The smallest absolute Gasteiger partial charge is 0.326 e. The van der Waals surface area contributed by atoms with Crippen LogP contribution >= 0.6 is 0 Å². The van der Waals surface area contributed by atoms with Gasteiger partial charge in [0.15, 0.2) is 0 Å². The lowest BCUT2D eigenvalue weighted by Crippen LogP contribution is -2.43. The van der Waals surface area contributed by atoms with Crippen LogP contribution in [0.5, 0.6) is 0 Å². The van der Waals surface area contributed by atoms with Crippen molar-refractivity contribution in [2.75, 3.05) is 0 Å². The first kappa shape index (κ1) is 26.9. The Labute approximate surface area is 231 Å². The summed E-state index contributed by atoms with van der Waals surface area (Å²) in [6, 6.07) is 24.3. The fourth-order valence-corrected chi connectivity index (χ4v) is 6.29. The zero-order valence-corrected chi connectivity index (χ0v) is 22.6. The first-order valence-electron chi connectivity index (χ1n) is 14.2. The van der Waals surface area contributed by atoms with Gasteiger partial charge >= 0.3 is 5.97 Å². The molecule has 2 aliphatic rings. The van der Waals surface area contributed by atoms with Crippen LogP contribution < -0.4 is 10.6 Å². The van der Waals surface area contributed by atoms with Crippen LogP contribution in [0, 0.1) is 11.8 Å². The number of hydrogen-bond donors (Lipinski definition) is 3. The van der Waals surface area contributed by atoms with Crippen molar-refractivity contribution in [3.05, 3.63) is 108 Å². The van der Waals surface area contributed by atoms with E-state index in [1.807, 2.05) is 42.5 Å². The van der Waals surface area contributed by atoms with Crippen LogP contribution in [-0.4, -0.2) is 29.1 Å². The van der Waals surface area contributed by atoms with Crippen LogP contribution in [0.3, 0.4) is 0 Å². The van der Waals surface area contributed by atoms with E-state index >= 15 is 0 Å². The molecule has 202 valence electrons. The van der Waals surface area contributed by atoms with Crippen LogP contribution in [0.4, 0.5) is 0 Å².